The second kappa shape index (κ2) is 10.5. The van der Waals surface area contributed by atoms with E-state index >= 15 is 0 Å². The molecule has 3 aromatic rings. The molecular formula is C25H24FN3O4S. The van der Waals surface area contributed by atoms with Gasteiger partial charge in [-0.2, -0.15) is 0 Å². The van der Waals surface area contributed by atoms with E-state index in [1.54, 1.807) is 28.5 Å². The average molecular weight is 482 g/mol. The van der Waals surface area contributed by atoms with E-state index in [0.717, 1.165) is 5.56 Å². The van der Waals surface area contributed by atoms with Gasteiger partial charge in [0.2, 0.25) is 11.8 Å². The van der Waals surface area contributed by atoms with Gasteiger partial charge >= 0.3 is 0 Å². The molecule has 0 spiro atoms. The number of hydrogen-bond acceptors (Lipinski definition) is 6. The molecule has 0 bridgehead atoms. The summed E-state index contributed by atoms with van der Waals surface area (Å²) in [5.41, 5.74) is 1.50. The highest BCUT2D eigenvalue weighted by Gasteiger charge is 2.21. The molecule has 0 saturated carbocycles. The van der Waals surface area contributed by atoms with Crippen molar-refractivity contribution in [3.05, 3.63) is 71.0 Å². The summed E-state index contributed by atoms with van der Waals surface area (Å²) in [7, 11) is 0. The monoisotopic (exact) mass is 481 g/mol. The van der Waals surface area contributed by atoms with Crippen LogP contribution in [0.1, 0.15) is 25.1 Å². The van der Waals surface area contributed by atoms with Crippen molar-refractivity contribution in [2.24, 2.45) is 0 Å². The highest BCUT2D eigenvalue weighted by atomic mass is 32.1. The molecule has 1 aliphatic rings. The number of para-hydroxylation sites is 2. The molecule has 0 fully saturated rings. The third-order valence-corrected chi connectivity index (χ3v) is 6.05. The summed E-state index contributed by atoms with van der Waals surface area (Å²) >= 11 is 1.19. The maximum Gasteiger partial charge on any atom is 0.246 e. The van der Waals surface area contributed by atoms with Crippen molar-refractivity contribution < 1.29 is 23.5 Å². The van der Waals surface area contributed by atoms with Gasteiger partial charge in [-0.15, -0.1) is 11.3 Å². The molecule has 0 aliphatic carbocycles. The maximum atomic E-state index is 14.3. The Morgan fingerprint density at radius 2 is 1.94 bits per heavy atom. The van der Waals surface area contributed by atoms with Crippen LogP contribution in [0.2, 0.25) is 0 Å². The van der Waals surface area contributed by atoms with Crippen LogP contribution in [0.25, 0.3) is 6.08 Å². The summed E-state index contributed by atoms with van der Waals surface area (Å²) in [4.78, 5) is 32.4. The van der Waals surface area contributed by atoms with Crippen LogP contribution in [0.15, 0.2) is 53.9 Å². The van der Waals surface area contributed by atoms with Gasteiger partial charge in [0.1, 0.15) is 19.0 Å². The predicted octanol–water partition coefficient (Wildman–Crippen LogP) is 4.80. The Balaban J connectivity index is 1.49. The van der Waals surface area contributed by atoms with Crippen molar-refractivity contribution in [3.63, 3.8) is 0 Å². The Morgan fingerprint density at radius 1 is 1.15 bits per heavy atom. The van der Waals surface area contributed by atoms with Crippen molar-refractivity contribution in [1.29, 1.82) is 0 Å². The Hall–Kier alpha value is -3.72. The summed E-state index contributed by atoms with van der Waals surface area (Å²) in [5.74, 6) is 0.286. The SMILES string of the molecule is CCN(Cc1cccc2c1OCCO2)C(=O)/C=C/c1csc(N(C(C)=O)c2ccccc2F)n1. The second-order valence-corrected chi connectivity index (χ2v) is 8.32. The van der Waals surface area contributed by atoms with Gasteiger partial charge in [0, 0.05) is 37.0 Å². The van der Waals surface area contributed by atoms with Crippen molar-refractivity contribution in [2.45, 2.75) is 20.4 Å². The number of aromatic nitrogens is 1. The van der Waals surface area contributed by atoms with Crippen molar-refractivity contribution in [1.82, 2.24) is 9.88 Å². The van der Waals surface area contributed by atoms with Crippen LogP contribution < -0.4 is 14.4 Å². The van der Waals surface area contributed by atoms with Gasteiger partial charge in [-0.05, 0) is 31.2 Å². The molecule has 0 saturated heterocycles. The van der Waals surface area contributed by atoms with E-state index in [0.29, 0.717) is 48.6 Å². The molecule has 0 N–H and O–H groups in total. The van der Waals surface area contributed by atoms with E-state index in [4.69, 9.17) is 9.47 Å². The summed E-state index contributed by atoms with van der Waals surface area (Å²) in [5, 5.41) is 2.04. The number of hydrogen-bond donors (Lipinski definition) is 0. The number of anilines is 2. The highest BCUT2D eigenvalue weighted by Crippen LogP contribution is 2.34. The molecule has 7 nitrogen and oxygen atoms in total. The first-order chi connectivity index (χ1) is 16.5. The molecular weight excluding hydrogens is 457 g/mol. The number of fused-ring (bicyclic) bond motifs is 1. The number of nitrogens with zero attached hydrogens (tertiary/aromatic N) is 3. The molecule has 2 amide bonds. The van der Waals surface area contributed by atoms with Crippen molar-refractivity contribution in [2.75, 3.05) is 24.7 Å². The van der Waals surface area contributed by atoms with E-state index in [1.807, 2.05) is 25.1 Å². The smallest absolute Gasteiger partial charge is 0.246 e. The predicted molar refractivity (Wildman–Crippen MR) is 129 cm³/mol. The first-order valence-corrected chi connectivity index (χ1v) is 11.7. The van der Waals surface area contributed by atoms with Crippen molar-refractivity contribution >= 4 is 40.0 Å². The minimum Gasteiger partial charge on any atom is -0.486 e. The molecule has 1 aromatic heterocycles. The maximum absolute atomic E-state index is 14.3. The van der Waals surface area contributed by atoms with Crippen molar-refractivity contribution in [3.8, 4) is 11.5 Å². The number of rotatable bonds is 7. The lowest BCUT2D eigenvalue weighted by atomic mass is 10.1. The Morgan fingerprint density at radius 3 is 2.71 bits per heavy atom. The van der Waals surface area contributed by atoms with Gasteiger partial charge in [-0.3, -0.25) is 14.5 Å². The lowest BCUT2D eigenvalue weighted by molar-refractivity contribution is -0.126. The molecule has 2 heterocycles. The molecule has 0 radical (unpaired) electrons. The summed E-state index contributed by atoms with van der Waals surface area (Å²) < 4.78 is 25.6. The van der Waals surface area contributed by atoms with E-state index in [-0.39, 0.29) is 17.5 Å². The fourth-order valence-electron chi connectivity index (χ4n) is 3.57. The van der Waals surface area contributed by atoms with Gasteiger partial charge in [0.25, 0.3) is 0 Å². The fraction of sp³-hybridized carbons (Fsp3) is 0.240. The largest absolute Gasteiger partial charge is 0.486 e. The zero-order chi connectivity index (χ0) is 24.1. The number of halogens is 1. The number of benzene rings is 2. The number of ether oxygens (including phenoxy) is 2. The lowest BCUT2D eigenvalue weighted by Crippen LogP contribution is -2.29. The van der Waals surface area contributed by atoms with Gasteiger partial charge < -0.3 is 14.4 Å². The molecule has 34 heavy (non-hydrogen) atoms. The minimum absolute atomic E-state index is 0.130. The standard InChI is InChI=1S/C25H24FN3O4S/c1-3-28(15-18-7-6-10-22-24(18)33-14-13-32-22)23(31)12-11-19-16-34-25(27-19)29(17(2)30)21-9-5-4-8-20(21)26/h4-12,16H,3,13-15H2,1-2H3/b12-11+. The van der Waals surface area contributed by atoms with Gasteiger partial charge in [-0.25, -0.2) is 9.37 Å². The molecule has 9 heteroatoms. The molecule has 4 rings (SSSR count). The Kier molecular flexibility index (Phi) is 7.22. The second-order valence-electron chi connectivity index (χ2n) is 7.49. The number of thiazole rings is 1. The van der Waals surface area contributed by atoms with Gasteiger partial charge in [-0.1, -0.05) is 24.3 Å². The molecule has 2 aromatic carbocycles. The third-order valence-electron chi connectivity index (χ3n) is 5.21. The first-order valence-electron chi connectivity index (χ1n) is 10.8. The number of likely N-dealkylation sites (N-methyl/N-ethyl adjacent to an activating group) is 1. The third kappa shape index (κ3) is 5.09. The summed E-state index contributed by atoms with van der Waals surface area (Å²) in [6.07, 6.45) is 3.03. The number of carbonyl (C=O) groups is 2. The van der Waals surface area contributed by atoms with Crippen LogP contribution in [0.5, 0.6) is 11.5 Å². The molecule has 176 valence electrons. The average Bonchev–Trinajstić information content (AvgIpc) is 3.30. The lowest BCUT2D eigenvalue weighted by Gasteiger charge is -2.24. The van der Waals surface area contributed by atoms with Crippen LogP contribution in [0.3, 0.4) is 0 Å². The van der Waals surface area contributed by atoms with Crippen LogP contribution >= 0.6 is 11.3 Å². The zero-order valence-electron chi connectivity index (χ0n) is 18.9. The number of amides is 2. The fourth-order valence-corrected chi connectivity index (χ4v) is 4.42. The minimum atomic E-state index is -0.517. The Labute approximate surface area is 201 Å². The van der Waals surface area contributed by atoms with E-state index < -0.39 is 5.82 Å². The highest BCUT2D eigenvalue weighted by molar-refractivity contribution is 7.14. The Bertz CT molecular complexity index is 1230. The quantitative estimate of drug-likeness (QED) is 0.454. The summed E-state index contributed by atoms with van der Waals surface area (Å²) in [6, 6.07) is 11.7. The summed E-state index contributed by atoms with van der Waals surface area (Å²) in [6.45, 7) is 5.10. The van der Waals surface area contributed by atoms with Crippen LogP contribution in [-0.4, -0.2) is 41.5 Å². The van der Waals surface area contributed by atoms with Gasteiger partial charge in [0.05, 0.1) is 11.4 Å². The van der Waals surface area contributed by atoms with Crippen LogP contribution in [0, 0.1) is 5.82 Å². The van der Waals surface area contributed by atoms with Crippen LogP contribution in [-0.2, 0) is 16.1 Å². The molecule has 0 atom stereocenters. The van der Waals surface area contributed by atoms with Gasteiger partial charge in [0.15, 0.2) is 16.6 Å². The van der Waals surface area contributed by atoms with E-state index in [2.05, 4.69) is 4.98 Å². The number of carbonyl (C=O) groups excluding carboxylic acids is 2. The van der Waals surface area contributed by atoms with E-state index in [1.165, 1.54) is 41.4 Å². The first kappa shape index (κ1) is 23.4. The zero-order valence-corrected chi connectivity index (χ0v) is 19.7. The molecule has 0 unspecified atom stereocenters. The normalized spacial score (nSPS) is 12.6. The topological polar surface area (TPSA) is 72.0 Å². The molecule has 1 aliphatic heterocycles. The van der Waals surface area contributed by atoms with E-state index in [9.17, 15) is 14.0 Å². The van der Waals surface area contributed by atoms with Crippen LogP contribution in [0.4, 0.5) is 15.2 Å².